The number of fused-ring (bicyclic) bond motifs is 1. The van der Waals surface area contributed by atoms with E-state index in [4.69, 9.17) is 10.5 Å². The monoisotopic (exact) mass is 429 g/mol. The van der Waals surface area contributed by atoms with Crippen LogP contribution in [-0.4, -0.2) is 40.2 Å². The number of imidazole rings is 1. The Morgan fingerprint density at radius 1 is 1.39 bits per heavy atom. The summed E-state index contributed by atoms with van der Waals surface area (Å²) >= 11 is 0. The molecule has 2 aromatic rings. The first-order valence-corrected chi connectivity index (χ1v) is 11.2. The Morgan fingerprint density at radius 3 is 2.87 bits per heavy atom. The zero-order valence-corrected chi connectivity index (χ0v) is 19.0. The number of nitrogens with zero attached hydrogens (tertiary/aromatic N) is 2. The molecule has 8 heteroatoms. The maximum Gasteiger partial charge on any atom is 0.407 e. The smallest absolute Gasteiger partial charge is 0.407 e. The van der Waals surface area contributed by atoms with Gasteiger partial charge in [-0.15, -0.1) is 0 Å². The minimum absolute atomic E-state index is 0.0749. The predicted octanol–water partition coefficient (Wildman–Crippen LogP) is 3.87. The number of rotatable bonds is 7. The molecule has 1 aliphatic heterocycles. The molecule has 0 bridgehead atoms. The molecule has 2 amide bonds. The van der Waals surface area contributed by atoms with Crippen molar-refractivity contribution < 1.29 is 14.3 Å². The number of amides is 2. The molecular formula is C23H35N5O3. The third-order valence-electron chi connectivity index (χ3n) is 5.59. The van der Waals surface area contributed by atoms with E-state index < -0.39 is 5.60 Å². The summed E-state index contributed by atoms with van der Waals surface area (Å²) in [4.78, 5) is 28.8. The summed E-state index contributed by atoms with van der Waals surface area (Å²) in [6, 6.07) is 6.04. The lowest BCUT2D eigenvalue weighted by molar-refractivity contribution is -0.123. The van der Waals surface area contributed by atoms with Crippen LogP contribution < -0.4 is 16.4 Å². The van der Waals surface area contributed by atoms with Crippen molar-refractivity contribution in [2.45, 2.75) is 77.4 Å². The fourth-order valence-electron chi connectivity index (χ4n) is 4.19. The summed E-state index contributed by atoms with van der Waals surface area (Å²) in [5.41, 5.74) is 8.58. The number of hydrogen-bond donors (Lipinski definition) is 3. The van der Waals surface area contributed by atoms with Crippen molar-refractivity contribution in [3.05, 3.63) is 23.8 Å². The minimum Gasteiger partial charge on any atom is -0.444 e. The Balaban J connectivity index is 1.66. The van der Waals surface area contributed by atoms with E-state index in [9.17, 15) is 9.59 Å². The van der Waals surface area contributed by atoms with Crippen LogP contribution in [-0.2, 0) is 9.53 Å². The first-order chi connectivity index (χ1) is 14.7. The van der Waals surface area contributed by atoms with E-state index >= 15 is 0 Å². The van der Waals surface area contributed by atoms with Gasteiger partial charge in [0.25, 0.3) is 0 Å². The van der Waals surface area contributed by atoms with Crippen molar-refractivity contribution in [1.82, 2.24) is 20.2 Å². The molecule has 0 saturated carbocycles. The highest BCUT2D eigenvalue weighted by atomic mass is 16.6. The van der Waals surface area contributed by atoms with Gasteiger partial charge >= 0.3 is 6.09 Å². The van der Waals surface area contributed by atoms with E-state index in [0.29, 0.717) is 12.5 Å². The van der Waals surface area contributed by atoms with Crippen LogP contribution in [0.25, 0.3) is 11.0 Å². The van der Waals surface area contributed by atoms with Gasteiger partial charge < -0.3 is 25.7 Å². The average molecular weight is 430 g/mol. The SMILES string of the molecule is CC(CCCCNC(=O)OC(C)(C)C)n1c(N)nc2cccc(C3CCCNC3=O)c21. The number of nitrogen functional groups attached to an aromatic ring is 1. The highest BCUT2D eigenvalue weighted by Crippen LogP contribution is 2.34. The van der Waals surface area contributed by atoms with Crippen molar-refractivity contribution in [2.75, 3.05) is 18.8 Å². The van der Waals surface area contributed by atoms with Crippen molar-refractivity contribution in [2.24, 2.45) is 0 Å². The maximum absolute atomic E-state index is 12.5. The van der Waals surface area contributed by atoms with Crippen LogP contribution in [0.3, 0.4) is 0 Å². The fraction of sp³-hybridized carbons (Fsp3) is 0.609. The number of alkyl carbamates (subject to hydrolysis) is 1. The first kappa shape index (κ1) is 22.9. The number of anilines is 1. The lowest BCUT2D eigenvalue weighted by Crippen LogP contribution is -2.35. The minimum atomic E-state index is -0.494. The molecule has 0 aliphatic carbocycles. The molecule has 8 nitrogen and oxygen atoms in total. The number of carbonyl (C=O) groups is 2. The first-order valence-electron chi connectivity index (χ1n) is 11.2. The molecule has 170 valence electrons. The predicted molar refractivity (Wildman–Crippen MR) is 122 cm³/mol. The van der Waals surface area contributed by atoms with Crippen LogP contribution in [0.1, 0.15) is 77.3 Å². The van der Waals surface area contributed by atoms with E-state index in [-0.39, 0.29) is 24.0 Å². The van der Waals surface area contributed by atoms with E-state index in [2.05, 4.69) is 27.1 Å². The highest BCUT2D eigenvalue weighted by Gasteiger charge is 2.28. The molecular weight excluding hydrogens is 394 g/mol. The fourth-order valence-corrected chi connectivity index (χ4v) is 4.19. The normalized spacial score (nSPS) is 17.9. The Bertz CT molecular complexity index is 931. The summed E-state index contributed by atoms with van der Waals surface area (Å²) in [6.45, 7) is 8.96. The Kier molecular flexibility index (Phi) is 7.08. The van der Waals surface area contributed by atoms with Gasteiger partial charge in [-0.3, -0.25) is 4.79 Å². The summed E-state index contributed by atoms with van der Waals surface area (Å²) in [5.74, 6) is 0.376. The van der Waals surface area contributed by atoms with Gasteiger partial charge in [-0.25, -0.2) is 9.78 Å². The highest BCUT2D eigenvalue weighted by molar-refractivity contribution is 5.91. The van der Waals surface area contributed by atoms with Gasteiger partial charge in [0.15, 0.2) is 0 Å². The van der Waals surface area contributed by atoms with Crippen LogP contribution in [0.15, 0.2) is 18.2 Å². The average Bonchev–Trinajstić information content (AvgIpc) is 3.02. The van der Waals surface area contributed by atoms with Crippen molar-refractivity contribution in [3.8, 4) is 0 Å². The van der Waals surface area contributed by atoms with Crippen LogP contribution in [0, 0.1) is 0 Å². The molecule has 2 unspecified atom stereocenters. The van der Waals surface area contributed by atoms with Crippen molar-refractivity contribution in [1.29, 1.82) is 0 Å². The van der Waals surface area contributed by atoms with Crippen LogP contribution in [0.4, 0.5) is 10.7 Å². The lowest BCUT2D eigenvalue weighted by atomic mass is 9.89. The van der Waals surface area contributed by atoms with Crippen LogP contribution in [0.2, 0.25) is 0 Å². The molecule has 4 N–H and O–H groups in total. The number of benzene rings is 1. The summed E-state index contributed by atoms with van der Waals surface area (Å²) in [7, 11) is 0. The molecule has 0 radical (unpaired) electrons. The Hall–Kier alpha value is -2.77. The molecule has 2 atom stereocenters. The number of unbranched alkanes of at least 4 members (excludes halogenated alkanes) is 1. The zero-order chi connectivity index (χ0) is 22.6. The quantitative estimate of drug-likeness (QED) is 0.579. The maximum atomic E-state index is 12.5. The molecule has 1 aromatic heterocycles. The van der Waals surface area contributed by atoms with Gasteiger partial charge in [-0.2, -0.15) is 0 Å². The molecule has 31 heavy (non-hydrogen) atoms. The molecule has 1 aromatic carbocycles. The van der Waals surface area contributed by atoms with Gasteiger partial charge in [-0.05, 0) is 71.4 Å². The van der Waals surface area contributed by atoms with Gasteiger partial charge in [0, 0.05) is 19.1 Å². The number of aromatic nitrogens is 2. The molecule has 2 heterocycles. The number of hydrogen-bond acceptors (Lipinski definition) is 5. The number of nitrogens with two attached hydrogens (primary N) is 1. The summed E-state index contributed by atoms with van der Waals surface area (Å²) < 4.78 is 7.32. The van der Waals surface area contributed by atoms with E-state index in [0.717, 1.165) is 55.2 Å². The second-order valence-electron chi connectivity index (χ2n) is 9.31. The number of carbonyl (C=O) groups excluding carboxylic acids is 2. The number of nitrogens with one attached hydrogen (secondary N) is 2. The number of ether oxygens (including phenoxy) is 1. The van der Waals surface area contributed by atoms with E-state index in [1.54, 1.807) is 0 Å². The Morgan fingerprint density at radius 2 is 2.16 bits per heavy atom. The van der Waals surface area contributed by atoms with Crippen molar-refractivity contribution in [3.63, 3.8) is 0 Å². The molecule has 1 aliphatic rings. The van der Waals surface area contributed by atoms with Crippen molar-refractivity contribution >= 4 is 29.0 Å². The van der Waals surface area contributed by atoms with Crippen LogP contribution >= 0.6 is 0 Å². The molecule has 1 saturated heterocycles. The van der Waals surface area contributed by atoms with Gasteiger partial charge in [0.05, 0.1) is 17.0 Å². The van der Waals surface area contributed by atoms with Gasteiger partial charge in [0.2, 0.25) is 11.9 Å². The zero-order valence-electron chi connectivity index (χ0n) is 19.0. The largest absolute Gasteiger partial charge is 0.444 e. The lowest BCUT2D eigenvalue weighted by Gasteiger charge is -2.24. The molecule has 0 spiro atoms. The third-order valence-corrected chi connectivity index (χ3v) is 5.59. The summed E-state index contributed by atoms with van der Waals surface area (Å²) in [5, 5.41) is 5.77. The second kappa shape index (κ2) is 9.58. The molecule has 1 fully saturated rings. The van der Waals surface area contributed by atoms with Gasteiger partial charge in [0.1, 0.15) is 5.60 Å². The van der Waals surface area contributed by atoms with E-state index in [1.807, 2.05) is 39.0 Å². The number of para-hydroxylation sites is 1. The number of piperidine rings is 1. The van der Waals surface area contributed by atoms with E-state index in [1.165, 1.54) is 0 Å². The topological polar surface area (TPSA) is 111 Å². The van der Waals surface area contributed by atoms with Gasteiger partial charge in [-0.1, -0.05) is 12.1 Å². The second-order valence-corrected chi connectivity index (χ2v) is 9.31. The summed E-state index contributed by atoms with van der Waals surface area (Å²) in [6.07, 6.45) is 4.06. The standard InChI is InChI=1S/C23H35N5O3/c1-15(9-5-6-13-26-22(30)31-23(2,3)4)28-19-16(17-11-8-14-25-20(17)29)10-7-12-18(19)27-21(28)24/h7,10,12,15,17H,5-6,8-9,11,13-14H2,1-4H3,(H2,24,27)(H,25,29)(H,26,30). The third kappa shape index (κ3) is 5.68. The van der Waals surface area contributed by atoms with Crippen LogP contribution in [0.5, 0.6) is 0 Å². The Labute approximate surface area is 183 Å². The molecule has 3 rings (SSSR count).